The number of carboxylic acids is 1. The van der Waals surface area contributed by atoms with E-state index in [1.165, 1.54) is 10.2 Å². The SMILES string of the molecule is CCc1ccc(NC(=O)C(C)n2nnc(C(=O)O)c2C)cc1. The van der Waals surface area contributed by atoms with Crippen LogP contribution in [-0.2, 0) is 11.2 Å². The first-order valence-electron chi connectivity index (χ1n) is 6.99. The van der Waals surface area contributed by atoms with Crippen molar-refractivity contribution in [2.75, 3.05) is 5.32 Å². The predicted molar refractivity (Wildman–Crippen MR) is 80.9 cm³/mol. The van der Waals surface area contributed by atoms with Gasteiger partial charge >= 0.3 is 5.97 Å². The number of aromatic nitrogens is 3. The van der Waals surface area contributed by atoms with Gasteiger partial charge in [0.1, 0.15) is 6.04 Å². The van der Waals surface area contributed by atoms with E-state index < -0.39 is 12.0 Å². The first-order valence-corrected chi connectivity index (χ1v) is 6.99. The smallest absolute Gasteiger partial charge is 0.358 e. The molecule has 7 nitrogen and oxygen atoms in total. The maximum atomic E-state index is 12.3. The van der Waals surface area contributed by atoms with Crippen LogP contribution in [0.25, 0.3) is 0 Å². The second kappa shape index (κ2) is 6.38. The number of anilines is 1. The lowest BCUT2D eigenvalue weighted by Gasteiger charge is -2.14. The van der Waals surface area contributed by atoms with Gasteiger partial charge in [-0.2, -0.15) is 0 Å². The molecule has 0 radical (unpaired) electrons. The normalized spacial score (nSPS) is 12.0. The van der Waals surface area contributed by atoms with Crippen LogP contribution in [0.1, 0.15) is 41.6 Å². The molecule has 1 aromatic carbocycles. The van der Waals surface area contributed by atoms with Crippen LogP contribution in [0.3, 0.4) is 0 Å². The van der Waals surface area contributed by atoms with Crippen molar-refractivity contribution < 1.29 is 14.7 Å². The summed E-state index contributed by atoms with van der Waals surface area (Å²) in [4.78, 5) is 23.2. The van der Waals surface area contributed by atoms with Crippen molar-refractivity contribution in [3.05, 3.63) is 41.2 Å². The van der Waals surface area contributed by atoms with E-state index in [4.69, 9.17) is 5.11 Å². The fraction of sp³-hybridized carbons (Fsp3) is 0.333. The van der Waals surface area contributed by atoms with Crippen LogP contribution in [-0.4, -0.2) is 32.0 Å². The number of aromatic carboxylic acids is 1. The average molecular weight is 302 g/mol. The van der Waals surface area contributed by atoms with Gasteiger partial charge in [-0.25, -0.2) is 9.48 Å². The molecule has 0 aliphatic rings. The second-order valence-corrected chi connectivity index (χ2v) is 4.99. The summed E-state index contributed by atoms with van der Waals surface area (Å²) in [6.45, 7) is 5.27. The number of carbonyl (C=O) groups is 2. The monoisotopic (exact) mass is 302 g/mol. The van der Waals surface area contributed by atoms with Crippen molar-refractivity contribution in [1.82, 2.24) is 15.0 Å². The molecule has 1 amide bonds. The Labute approximate surface area is 128 Å². The first-order chi connectivity index (χ1) is 10.4. The van der Waals surface area contributed by atoms with E-state index in [-0.39, 0.29) is 11.6 Å². The number of hydrogen-bond acceptors (Lipinski definition) is 4. The highest BCUT2D eigenvalue weighted by atomic mass is 16.4. The van der Waals surface area contributed by atoms with E-state index in [1.54, 1.807) is 13.8 Å². The van der Waals surface area contributed by atoms with Crippen LogP contribution in [0.4, 0.5) is 5.69 Å². The van der Waals surface area contributed by atoms with E-state index in [9.17, 15) is 9.59 Å². The van der Waals surface area contributed by atoms with Crippen molar-refractivity contribution >= 4 is 17.6 Å². The lowest BCUT2D eigenvalue weighted by atomic mass is 10.1. The molecular formula is C15H18N4O3. The number of carbonyl (C=O) groups excluding carboxylic acids is 1. The van der Waals surface area contributed by atoms with Crippen molar-refractivity contribution in [2.45, 2.75) is 33.2 Å². The number of aryl methyl sites for hydroxylation is 1. The lowest BCUT2D eigenvalue weighted by Crippen LogP contribution is -2.25. The number of amides is 1. The molecule has 1 atom stereocenters. The zero-order valence-electron chi connectivity index (χ0n) is 12.7. The maximum Gasteiger partial charge on any atom is 0.358 e. The predicted octanol–water partition coefficient (Wildman–Crippen LogP) is 2.05. The summed E-state index contributed by atoms with van der Waals surface area (Å²) >= 11 is 0. The summed E-state index contributed by atoms with van der Waals surface area (Å²) in [5, 5.41) is 19.1. The summed E-state index contributed by atoms with van der Waals surface area (Å²) in [6, 6.07) is 6.90. The van der Waals surface area contributed by atoms with Crippen molar-refractivity contribution in [1.29, 1.82) is 0 Å². The molecule has 0 saturated heterocycles. The van der Waals surface area contributed by atoms with E-state index in [2.05, 4.69) is 22.6 Å². The minimum atomic E-state index is -1.16. The number of rotatable bonds is 5. The number of nitrogens with one attached hydrogen (secondary N) is 1. The Kier molecular flexibility index (Phi) is 4.55. The van der Waals surface area contributed by atoms with E-state index in [0.29, 0.717) is 11.4 Å². The minimum absolute atomic E-state index is 0.146. The Morgan fingerprint density at radius 2 is 1.95 bits per heavy atom. The standard InChI is InChI=1S/C15H18N4O3/c1-4-11-5-7-12(8-6-11)16-14(20)10(3)19-9(2)13(15(21)22)17-18-19/h5-8,10H,4H2,1-3H3,(H,16,20)(H,21,22). The van der Waals surface area contributed by atoms with Crippen molar-refractivity contribution in [3.63, 3.8) is 0 Å². The van der Waals surface area contributed by atoms with Gasteiger partial charge in [-0.15, -0.1) is 5.10 Å². The van der Waals surface area contributed by atoms with Gasteiger partial charge in [0.2, 0.25) is 5.91 Å². The molecule has 1 heterocycles. The fourth-order valence-electron chi connectivity index (χ4n) is 2.09. The number of benzene rings is 1. The van der Waals surface area contributed by atoms with Crippen molar-refractivity contribution in [2.24, 2.45) is 0 Å². The molecule has 1 aromatic heterocycles. The van der Waals surface area contributed by atoms with E-state index in [1.807, 2.05) is 24.3 Å². The average Bonchev–Trinajstić information content (AvgIpc) is 2.89. The summed E-state index contributed by atoms with van der Waals surface area (Å²) in [5.41, 5.74) is 2.07. The van der Waals surface area contributed by atoms with Crippen LogP contribution >= 0.6 is 0 Å². The molecule has 0 saturated carbocycles. The summed E-state index contributed by atoms with van der Waals surface area (Å²) in [7, 11) is 0. The largest absolute Gasteiger partial charge is 0.476 e. The molecule has 2 aromatic rings. The Hall–Kier alpha value is -2.70. The topological polar surface area (TPSA) is 97.1 Å². The highest BCUT2D eigenvalue weighted by Gasteiger charge is 2.22. The zero-order valence-corrected chi connectivity index (χ0v) is 12.7. The summed E-state index contributed by atoms with van der Waals surface area (Å²) in [6.07, 6.45) is 0.931. The maximum absolute atomic E-state index is 12.3. The van der Waals surface area contributed by atoms with E-state index >= 15 is 0 Å². The Morgan fingerprint density at radius 1 is 1.32 bits per heavy atom. The number of hydrogen-bond donors (Lipinski definition) is 2. The quantitative estimate of drug-likeness (QED) is 0.881. The third-order valence-corrected chi connectivity index (χ3v) is 3.51. The summed E-state index contributed by atoms with van der Waals surface area (Å²) in [5.74, 6) is -1.44. The van der Waals surface area contributed by atoms with Crippen LogP contribution in [0.5, 0.6) is 0 Å². The van der Waals surface area contributed by atoms with Gasteiger partial charge in [0.15, 0.2) is 5.69 Å². The molecule has 2 rings (SSSR count). The van der Waals surface area contributed by atoms with Crippen LogP contribution in [0.15, 0.2) is 24.3 Å². The third kappa shape index (κ3) is 3.13. The zero-order chi connectivity index (χ0) is 16.3. The number of nitrogens with zero attached hydrogens (tertiary/aromatic N) is 3. The molecule has 0 spiro atoms. The highest BCUT2D eigenvalue weighted by Crippen LogP contribution is 2.15. The molecule has 1 unspecified atom stereocenters. The molecule has 7 heteroatoms. The molecular weight excluding hydrogens is 284 g/mol. The van der Waals surface area contributed by atoms with Gasteiger partial charge in [-0.1, -0.05) is 24.3 Å². The van der Waals surface area contributed by atoms with Gasteiger partial charge in [-0.3, -0.25) is 4.79 Å². The molecule has 22 heavy (non-hydrogen) atoms. The second-order valence-electron chi connectivity index (χ2n) is 4.99. The Balaban J connectivity index is 2.13. The molecule has 0 bridgehead atoms. The van der Waals surface area contributed by atoms with Gasteiger partial charge in [0.05, 0.1) is 5.69 Å². The van der Waals surface area contributed by atoms with Gasteiger partial charge in [0, 0.05) is 5.69 Å². The van der Waals surface area contributed by atoms with Gasteiger partial charge in [-0.05, 0) is 38.0 Å². The lowest BCUT2D eigenvalue weighted by molar-refractivity contribution is -0.119. The Morgan fingerprint density at radius 3 is 2.45 bits per heavy atom. The van der Waals surface area contributed by atoms with Crippen LogP contribution in [0.2, 0.25) is 0 Å². The van der Waals surface area contributed by atoms with Gasteiger partial charge < -0.3 is 10.4 Å². The first kappa shape index (κ1) is 15.7. The van der Waals surface area contributed by atoms with E-state index in [0.717, 1.165) is 6.42 Å². The molecule has 0 aliphatic heterocycles. The minimum Gasteiger partial charge on any atom is -0.476 e. The molecule has 116 valence electrons. The molecule has 0 aliphatic carbocycles. The molecule has 2 N–H and O–H groups in total. The van der Waals surface area contributed by atoms with Crippen molar-refractivity contribution in [3.8, 4) is 0 Å². The highest BCUT2D eigenvalue weighted by molar-refractivity contribution is 5.93. The number of carboxylic acid groups (broad SMARTS) is 1. The van der Waals surface area contributed by atoms with Crippen LogP contribution in [0, 0.1) is 6.92 Å². The summed E-state index contributed by atoms with van der Waals surface area (Å²) < 4.78 is 1.30. The molecule has 0 fully saturated rings. The third-order valence-electron chi connectivity index (χ3n) is 3.51. The Bertz CT molecular complexity index is 691. The fourth-order valence-corrected chi connectivity index (χ4v) is 2.09. The van der Waals surface area contributed by atoms with Gasteiger partial charge in [0.25, 0.3) is 0 Å². The van der Waals surface area contributed by atoms with Crippen LogP contribution < -0.4 is 5.32 Å².